The van der Waals surface area contributed by atoms with E-state index in [1.54, 1.807) is 14.2 Å². The smallest absolute Gasteiger partial charge is 0.229 e. The lowest BCUT2D eigenvalue weighted by Crippen LogP contribution is -2.03. The summed E-state index contributed by atoms with van der Waals surface area (Å²) >= 11 is 0. The van der Waals surface area contributed by atoms with E-state index < -0.39 is 0 Å². The topological polar surface area (TPSA) is 68.3 Å². The van der Waals surface area contributed by atoms with Gasteiger partial charge in [-0.25, -0.2) is 4.98 Å². The first-order valence-corrected chi connectivity index (χ1v) is 8.26. The van der Waals surface area contributed by atoms with Gasteiger partial charge >= 0.3 is 0 Å². The number of anilines is 4. The van der Waals surface area contributed by atoms with E-state index >= 15 is 0 Å². The van der Waals surface area contributed by atoms with Crippen molar-refractivity contribution in [2.24, 2.45) is 0 Å². The molecule has 0 bridgehead atoms. The molecule has 0 aliphatic heterocycles. The van der Waals surface area contributed by atoms with Crippen LogP contribution in [0.2, 0.25) is 0 Å². The Morgan fingerprint density at radius 1 is 0.808 bits per heavy atom. The highest BCUT2D eigenvalue weighted by Crippen LogP contribution is 2.31. The third kappa shape index (κ3) is 4.22. The fourth-order valence-corrected chi connectivity index (χ4v) is 2.50. The van der Waals surface area contributed by atoms with Gasteiger partial charge in [0, 0.05) is 23.5 Å². The SMILES string of the molecule is COc1ccc(Nc2nc(C)cc(Nc3ccc(C)cc3)n2)c(OC)c1. The van der Waals surface area contributed by atoms with E-state index in [0.29, 0.717) is 11.7 Å². The van der Waals surface area contributed by atoms with E-state index in [9.17, 15) is 0 Å². The summed E-state index contributed by atoms with van der Waals surface area (Å²) in [7, 11) is 3.23. The molecule has 6 heteroatoms. The number of aryl methyl sites for hydroxylation is 2. The van der Waals surface area contributed by atoms with Gasteiger partial charge in [-0.15, -0.1) is 0 Å². The molecule has 6 nitrogen and oxygen atoms in total. The van der Waals surface area contributed by atoms with Crippen molar-refractivity contribution in [2.75, 3.05) is 24.9 Å². The van der Waals surface area contributed by atoms with Crippen LogP contribution < -0.4 is 20.1 Å². The average Bonchev–Trinajstić information content (AvgIpc) is 2.63. The fourth-order valence-electron chi connectivity index (χ4n) is 2.50. The van der Waals surface area contributed by atoms with Gasteiger partial charge in [0.2, 0.25) is 5.95 Å². The van der Waals surface area contributed by atoms with E-state index in [4.69, 9.17) is 9.47 Å². The molecule has 26 heavy (non-hydrogen) atoms. The summed E-state index contributed by atoms with van der Waals surface area (Å²) < 4.78 is 10.6. The standard InChI is InChI=1S/C20H22N4O2/c1-13-5-7-15(8-6-13)22-19-11-14(2)21-20(24-19)23-17-10-9-16(25-3)12-18(17)26-4/h5-12H,1-4H3,(H2,21,22,23,24). The number of nitrogens with zero attached hydrogens (tertiary/aromatic N) is 2. The number of hydrogen-bond acceptors (Lipinski definition) is 6. The van der Waals surface area contributed by atoms with Gasteiger partial charge in [-0.05, 0) is 38.1 Å². The van der Waals surface area contributed by atoms with E-state index in [1.165, 1.54) is 5.56 Å². The largest absolute Gasteiger partial charge is 0.497 e. The monoisotopic (exact) mass is 350 g/mol. The Morgan fingerprint density at radius 3 is 2.27 bits per heavy atom. The Hall–Kier alpha value is -3.28. The van der Waals surface area contributed by atoms with Crippen molar-refractivity contribution >= 4 is 23.1 Å². The molecule has 0 aliphatic carbocycles. The van der Waals surface area contributed by atoms with Crippen molar-refractivity contribution in [3.05, 3.63) is 59.8 Å². The van der Waals surface area contributed by atoms with Gasteiger partial charge in [-0.3, -0.25) is 0 Å². The van der Waals surface area contributed by atoms with Crippen molar-refractivity contribution < 1.29 is 9.47 Å². The maximum atomic E-state index is 5.41. The van der Waals surface area contributed by atoms with Crippen molar-refractivity contribution in [3.8, 4) is 11.5 Å². The molecule has 2 aromatic carbocycles. The Morgan fingerprint density at radius 2 is 1.58 bits per heavy atom. The zero-order chi connectivity index (χ0) is 18.5. The number of ether oxygens (including phenoxy) is 2. The Labute approximate surface area is 153 Å². The molecule has 0 saturated heterocycles. The van der Waals surface area contributed by atoms with Crippen molar-refractivity contribution in [1.82, 2.24) is 9.97 Å². The Bertz CT molecular complexity index is 895. The second-order valence-corrected chi connectivity index (χ2v) is 5.90. The van der Waals surface area contributed by atoms with Gasteiger partial charge in [-0.2, -0.15) is 4.98 Å². The van der Waals surface area contributed by atoms with Gasteiger partial charge in [0.15, 0.2) is 0 Å². The first kappa shape index (κ1) is 17.5. The number of nitrogens with one attached hydrogen (secondary N) is 2. The molecule has 2 N–H and O–H groups in total. The summed E-state index contributed by atoms with van der Waals surface area (Å²) in [6.07, 6.45) is 0. The van der Waals surface area contributed by atoms with E-state index in [-0.39, 0.29) is 0 Å². The summed E-state index contributed by atoms with van der Waals surface area (Å²) in [5, 5.41) is 6.51. The minimum atomic E-state index is 0.489. The Kier molecular flexibility index (Phi) is 5.22. The van der Waals surface area contributed by atoms with Crippen LogP contribution in [0.1, 0.15) is 11.3 Å². The van der Waals surface area contributed by atoms with E-state index in [0.717, 1.165) is 28.6 Å². The lowest BCUT2D eigenvalue weighted by Gasteiger charge is -2.13. The zero-order valence-electron chi connectivity index (χ0n) is 15.3. The van der Waals surface area contributed by atoms with Crippen LogP contribution >= 0.6 is 0 Å². The predicted octanol–water partition coefficient (Wildman–Crippen LogP) is 4.60. The molecule has 1 aromatic heterocycles. The number of methoxy groups -OCH3 is 2. The Balaban J connectivity index is 1.85. The molecule has 0 fully saturated rings. The first-order valence-electron chi connectivity index (χ1n) is 8.26. The molecule has 0 radical (unpaired) electrons. The molecule has 3 aromatic rings. The van der Waals surface area contributed by atoms with Crippen molar-refractivity contribution in [2.45, 2.75) is 13.8 Å². The van der Waals surface area contributed by atoms with Crippen LogP contribution in [-0.2, 0) is 0 Å². The van der Waals surface area contributed by atoms with Crippen LogP contribution in [0.4, 0.5) is 23.1 Å². The quantitative estimate of drug-likeness (QED) is 0.677. The van der Waals surface area contributed by atoms with Crippen molar-refractivity contribution in [3.63, 3.8) is 0 Å². The number of rotatable bonds is 6. The molecule has 1 heterocycles. The number of hydrogen-bond donors (Lipinski definition) is 2. The average molecular weight is 350 g/mol. The number of aromatic nitrogens is 2. The van der Waals surface area contributed by atoms with Crippen LogP contribution in [0.25, 0.3) is 0 Å². The van der Waals surface area contributed by atoms with Gasteiger partial charge in [-0.1, -0.05) is 17.7 Å². The molecule has 0 aliphatic rings. The summed E-state index contributed by atoms with van der Waals surface area (Å²) in [6, 6.07) is 15.6. The number of benzene rings is 2. The lowest BCUT2D eigenvalue weighted by atomic mass is 10.2. The lowest BCUT2D eigenvalue weighted by molar-refractivity contribution is 0.395. The van der Waals surface area contributed by atoms with Crippen LogP contribution in [-0.4, -0.2) is 24.2 Å². The van der Waals surface area contributed by atoms with Crippen LogP contribution in [0.15, 0.2) is 48.5 Å². The second-order valence-electron chi connectivity index (χ2n) is 5.90. The van der Waals surface area contributed by atoms with Gasteiger partial charge < -0.3 is 20.1 Å². The maximum Gasteiger partial charge on any atom is 0.229 e. The molecule has 0 saturated carbocycles. The zero-order valence-corrected chi connectivity index (χ0v) is 15.3. The van der Waals surface area contributed by atoms with E-state index in [1.807, 2.05) is 43.3 Å². The summed E-state index contributed by atoms with van der Waals surface area (Å²) in [4.78, 5) is 9.00. The summed E-state index contributed by atoms with van der Waals surface area (Å²) in [5.74, 6) is 2.58. The molecule has 134 valence electrons. The molecule has 0 unspecified atom stereocenters. The molecule has 0 amide bonds. The van der Waals surface area contributed by atoms with Crippen LogP contribution in [0.3, 0.4) is 0 Å². The highest BCUT2D eigenvalue weighted by molar-refractivity contribution is 5.66. The minimum absolute atomic E-state index is 0.489. The minimum Gasteiger partial charge on any atom is -0.497 e. The molecular weight excluding hydrogens is 328 g/mol. The second kappa shape index (κ2) is 7.74. The van der Waals surface area contributed by atoms with Gasteiger partial charge in [0.05, 0.1) is 19.9 Å². The molecular formula is C20H22N4O2. The van der Waals surface area contributed by atoms with Gasteiger partial charge in [0.25, 0.3) is 0 Å². The van der Waals surface area contributed by atoms with E-state index in [2.05, 4.69) is 39.7 Å². The highest BCUT2D eigenvalue weighted by Gasteiger charge is 2.09. The third-order valence-electron chi connectivity index (χ3n) is 3.83. The maximum absolute atomic E-state index is 5.41. The third-order valence-corrected chi connectivity index (χ3v) is 3.83. The normalized spacial score (nSPS) is 10.3. The predicted molar refractivity (Wildman–Crippen MR) is 104 cm³/mol. The molecule has 0 spiro atoms. The van der Waals surface area contributed by atoms with Crippen LogP contribution in [0.5, 0.6) is 11.5 Å². The highest BCUT2D eigenvalue weighted by atomic mass is 16.5. The van der Waals surface area contributed by atoms with Gasteiger partial charge in [0.1, 0.15) is 17.3 Å². The van der Waals surface area contributed by atoms with Crippen LogP contribution in [0, 0.1) is 13.8 Å². The first-order chi connectivity index (χ1) is 12.6. The molecule has 0 atom stereocenters. The van der Waals surface area contributed by atoms with Crippen molar-refractivity contribution in [1.29, 1.82) is 0 Å². The summed E-state index contributed by atoms with van der Waals surface area (Å²) in [5.41, 5.74) is 3.80. The summed E-state index contributed by atoms with van der Waals surface area (Å²) in [6.45, 7) is 3.99. The fraction of sp³-hybridized carbons (Fsp3) is 0.200. The molecule has 3 rings (SSSR count).